The molecule has 0 heterocycles. The lowest BCUT2D eigenvalue weighted by Gasteiger charge is -2.25. The van der Waals surface area contributed by atoms with Crippen LogP contribution in [0.3, 0.4) is 0 Å². The summed E-state index contributed by atoms with van der Waals surface area (Å²) in [7, 11) is 3.76. The summed E-state index contributed by atoms with van der Waals surface area (Å²) < 4.78 is 0. The van der Waals surface area contributed by atoms with Gasteiger partial charge in [0, 0.05) is 27.2 Å². The number of amides is 1. The largest absolute Gasteiger partial charge is 0.342 e. The molecule has 1 unspecified atom stereocenters. The summed E-state index contributed by atoms with van der Waals surface area (Å²) in [6.45, 7) is 7.40. The topological polar surface area (TPSA) is 35.6 Å². The first-order valence-electron chi connectivity index (χ1n) is 4.75. The molecule has 0 aromatic carbocycles. The van der Waals surface area contributed by atoms with Crippen molar-refractivity contribution in [2.75, 3.05) is 27.2 Å². The van der Waals surface area contributed by atoms with E-state index in [4.69, 9.17) is 0 Å². The van der Waals surface area contributed by atoms with Crippen molar-refractivity contribution >= 4 is 5.91 Å². The van der Waals surface area contributed by atoms with Crippen molar-refractivity contribution in [3.63, 3.8) is 0 Å². The first kappa shape index (κ1) is 12.4. The molecule has 1 amide bonds. The Hall–Kier alpha value is -0.610. The molecule has 4 heteroatoms. The average molecular weight is 187 g/mol. The minimum Gasteiger partial charge on any atom is -0.342 e. The number of nitrogens with zero attached hydrogens (tertiary/aromatic N) is 2. The van der Waals surface area contributed by atoms with Crippen molar-refractivity contribution in [1.82, 2.24) is 15.3 Å². The molecule has 4 nitrogen and oxygen atoms in total. The molecule has 0 spiro atoms. The lowest BCUT2D eigenvalue weighted by Crippen LogP contribution is -2.49. The van der Waals surface area contributed by atoms with Crippen LogP contribution in [0, 0.1) is 0 Å². The van der Waals surface area contributed by atoms with Gasteiger partial charge in [-0.15, -0.1) is 0 Å². The predicted molar refractivity (Wildman–Crippen MR) is 54.2 cm³/mol. The molecule has 1 N–H and O–H groups in total. The maximum atomic E-state index is 11.7. The van der Waals surface area contributed by atoms with Crippen molar-refractivity contribution in [3.05, 3.63) is 0 Å². The van der Waals surface area contributed by atoms with Crippen LogP contribution in [0.1, 0.15) is 20.8 Å². The minimum absolute atomic E-state index is 0.144. The SMILES string of the molecule is CCN(CC)C(=O)C(C)NN(C)C. The number of rotatable bonds is 5. The zero-order valence-electron chi connectivity index (χ0n) is 9.29. The number of hydrogen-bond acceptors (Lipinski definition) is 3. The highest BCUT2D eigenvalue weighted by atomic mass is 16.2. The fourth-order valence-electron chi connectivity index (χ4n) is 1.25. The zero-order valence-corrected chi connectivity index (χ0v) is 9.29. The van der Waals surface area contributed by atoms with Crippen molar-refractivity contribution in [1.29, 1.82) is 0 Å². The third-order valence-corrected chi connectivity index (χ3v) is 1.90. The van der Waals surface area contributed by atoms with Crippen LogP contribution in [0.15, 0.2) is 0 Å². The summed E-state index contributed by atoms with van der Waals surface area (Å²) in [5.41, 5.74) is 3.03. The van der Waals surface area contributed by atoms with Crippen LogP contribution in [0.2, 0.25) is 0 Å². The molecule has 0 aliphatic heterocycles. The molecule has 0 radical (unpaired) electrons. The third kappa shape index (κ3) is 4.24. The van der Waals surface area contributed by atoms with Crippen LogP contribution in [-0.2, 0) is 4.79 Å². The first-order chi connectivity index (χ1) is 6.02. The Labute approximate surface area is 80.9 Å². The standard InChI is InChI=1S/C9H21N3O/c1-6-12(7-2)9(13)8(3)10-11(4)5/h8,10H,6-7H2,1-5H3. The molecule has 0 bridgehead atoms. The maximum Gasteiger partial charge on any atom is 0.240 e. The molecule has 13 heavy (non-hydrogen) atoms. The third-order valence-electron chi connectivity index (χ3n) is 1.90. The summed E-state index contributed by atoms with van der Waals surface area (Å²) in [6, 6.07) is -0.144. The molecule has 1 atom stereocenters. The summed E-state index contributed by atoms with van der Waals surface area (Å²) in [6.07, 6.45) is 0. The number of hydrogen-bond donors (Lipinski definition) is 1. The highest BCUT2D eigenvalue weighted by molar-refractivity contribution is 5.81. The second kappa shape index (κ2) is 5.94. The van der Waals surface area contributed by atoms with E-state index in [1.54, 1.807) is 5.01 Å². The van der Waals surface area contributed by atoms with Crippen LogP contribution in [0.25, 0.3) is 0 Å². The predicted octanol–water partition coefficient (Wildman–Crippen LogP) is 0.310. The smallest absolute Gasteiger partial charge is 0.240 e. The molecule has 0 fully saturated rings. The molecule has 0 aromatic rings. The first-order valence-corrected chi connectivity index (χ1v) is 4.75. The van der Waals surface area contributed by atoms with Crippen LogP contribution < -0.4 is 5.43 Å². The molecule has 0 aliphatic carbocycles. The Morgan fingerprint density at radius 1 is 1.31 bits per heavy atom. The van der Waals surface area contributed by atoms with Gasteiger partial charge in [-0.3, -0.25) is 4.79 Å². The van der Waals surface area contributed by atoms with Crippen molar-refractivity contribution in [3.8, 4) is 0 Å². The van der Waals surface area contributed by atoms with Gasteiger partial charge in [-0.25, -0.2) is 10.4 Å². The Morgan fingerprint density at radius 3 is 2.08 bits per heavy atom. The highest BCUT2D eigenvalue weighted by Crippen LogP contribution is 1.94. The van der Waals surface area contributed by atoms with E-state index in [9.17, 15) is 4.79 Å². The summed E-state index contributed by atoms with van der Waals surface area (Å²) in [5, 5.41) is 1.80. The van der Waals surface area contributed by atoms with Crippen molar-refractivity contribution < 1.29 is 4.79 Å². The molecule has 0 aromatic heterocycles. The van der Waals surface area contributed by atoms with Crippen LogP contribution in [0.5, 0.6) is 0 Å². The second-order valence-corrected chi connectivity index (χ2v) is 3.26. The van der Waals surface area contributed by atoms with E-state index in [1.165, 1.54) is 0 Å². The Kier molecular flexibility index (Phi) is 5.66. The van der Waals surface area contributed by atoms with E-state index in [0.29, 0.717) is 0 Å². The van der Waals surface area contributed by atoms with Crippen molar-refractivity contribution in [2.24, 2.45) is 0 Å². The number of likely N-dealkylation sites (N-methyl/N-ethyl adjacent to an activating group) is 1. The number of carbonyl (C=O) groups excluding carboxylic acids is 1. The van der Waals surface area contributed by atoms with Crippen LogP contribution in [0.4, 0.5) is 0 Å². The zero-order chi connectivity index (χ0) is 10.4. The van der Waals surface area contributed by atoms with Gasteiger partial charge in [-0.1, -0.05) is 0 Å². The van der Waals surface area contributed by atoms with Gasteiger partial charge in [0.1, 0.15) is 0 Å². The summed E-state index contributed by atoms with van der Waals surface area (Å²) >= 11 is 0. The van der Waals surface area contributed by atoms with Crippen molar-refractivity contribution in [2.45, 2.75) is 26.8 Å². The molecule has 0 rings (SSSR count). The molecular formula is C9H21N3O. The van der Waals surface area contributed by atoms with Crippen LogP contribution in [-0.4, -0.2) is 49.0 Å². The molecular weight excluding hydrogens is 166 g/mol. The fourth-order valence-corrected chi connectivity index (χ4v) is 1.25. The maximum absolute atomic E-state index is 11.7. The second-order valence-electron chi connectivity index (χ2n) is 3.26. The minimum atomic E-state index is -0.144. The molecule has 78 valence electrons. The monoisotopic (exact) mass is 187 g/mol. The van der Waals surface area contributed by atoms with Gasteiger partial charge in [0.25, 0.3) is 0 Å². The quantitative estimate of drug-likeness (QED) is 0.629. The summed E-state index contributed by atoms with van der Waals surface area (Å²) in [5.74, 6) is 0.152. The van der Waals surface area contributed by atoms with E-state index in [1.807, 2.05) is 39.8 Å². The molecule has 0 saturated heterocycles. The number of carbonyl (C=O) groups is 1. The Balaban J connectivity index is 4.07. The lowest BCUT2D eigenvalue weighted by molar-refractivity contribution is -0.133. The van der Waals surface area contributed by atoms with Crippen LogP contribution >= 0.6 is 0 Å². The average Bonchev–Trinajstić information content (AvgIpc) is 2.05. The molecule has 0 aliphatic rings. The highest BCUT2D eigenvalue weighted by Gasteiger charge is 2.17. The van der Waals surface area contributed by atoms with E-state index in [-0.39, 0.29) is 11.9 Å². The van der Waals surface area contributed by atoms with E-state index in [0.717, 1.165) is 13.1 Å². The fraction of sp³-hybridized carbons (Fsp3) is 0.889. The van der Waals surface area contributed by atoms with Gasteiger partial charge in [-0.05, 0) is 20.8 Å². The van der Waals surface area contributed by atoms with Gasteiger partial charge in [0.2, 0.25) is 5.91 Å². The van der Waals surface area contributed by atoms with E-state index in [2.05, 4.69) is 5.43 Å². The van der Waals surface area contributed by atoms with Gasteiger partial charge >= 0.3 is 0 Å². The number of nitrogens with one attached hydrogen (secondary N) is 1. The Bertz CT molecular complexity index is 155. The van der Waals surface area contributed by atoms with Gasteiger partial charge in [-0.2, -0.15) is 0 Å². The van der Waals surface area contributed by atoms with Gasteiger partial charge in [0.15, 0.2) is 0 Å². The van der Waals surface area contributed by atoms with Gasteiger partial charge < -0.3 is 4.90 Å². The van der Waals surface area contributed by atoms with E-state index >= 15 is 0 Å². The summed E-state index contributed by atoms with van der Waals surface area (Å²) in [4.78, 5) is 13.5. The lowest BCUT2D eigenvalue weighted by atomic mass is 10.3. The number of hydrazine groups is 1. The molecule has 0 saturated carbocycles. The Morgan fingerprint density at radius 2 is 1.77 bits per heavy atom. The van der Waals surface area contributed by atoms with E-state index < -0.39 is 0 Å². The van der Waals surface area contributed by atoms with Gasteiger partial charge in [0.05, 0.1) is 6.04 Å². The normalized spacial score (nSPS) is 13.1.